The monoisotopic (exact) mass is 362 g/mol. The Bertz CT molecular complexity index is 987. The van der Waals surface area contributed by atoms with Crippen LogP contribution in [0.5, 0.6) is 0 Å². The van der Waals surface area contributed by atoms with Crippen LogP contribution in [0.4, 0.5) is 0 Å². The van der Waals surface area contributed by atoms with E-state index in [0.717, 1.165) is 5.52 Å². The fourth-order valence-corrected chi connectivity index (χ4v) is 4.23. The van der Waals surface area contributed by atoms with Crippen molar-refractivity contribution < 1.29 is 0 Å². The van der Waals surface area contributed by atoms with Crippen molar-refractivity contribution in [3.05, 3.63) is 50.0 Å². The van der Waals surface area contributed by atoms with Gasteiger partial charge in [-0.15, -0.1) is 27.8 Å². The Morgan fingerprint density at radius 3 is 3.09 bits per heavy atom. The molecule has 0 aliphatic heterocycles. The number of aromatic amines is 1. The van der Waals surface area contributed by atoms with E-state index in [-0.39, 0.29) is 5.56 Å². The quantitative estimate of drug-likeness (QED) is 0.548. The Morgan fingerprint density at radius 2 is 2.22 bits per heavy atom. The minimum atomic E-state index is -0.0984. The molecule has 0 bridgehead atoms. The van der Waals surface area contributed by atoms with Crippen LogP contribution in [0.25, 0.3) is 10.2 Å². The molecule has 116 valence electrons. The number of aromatic nitrogens is 6. The molecule has 0 aliphatic carbocycles. The van der Waals surface area contributed by atoms with Gasteiger partial charge in [-0.3, -0.25) is 4.79 Å². The molecule has 0 spiro atoms. The molecule has 4 aromatic heterocycles. The molecule has 0 unspecified atom stereocenters. The lowest BCUT2D eigenvalue weighted by atomic mass is 10.4. The fraction of sp³-hybridized carbons (Fsp3) is 0.154. The number of thioether (sulfide) groups is 1. The molecule has 0 saturated carbocycles. The minimum Gasteiger partial charge on any atom is -0.309 e. The summed E-state index contributed by atoms with van der Waals surface area (Å²) in [4.78, 5) is 20.4. The normalized spacial score (nSPS) is 11.3. The van der Waals surface area contributed by atoms with E-state index < -0.39 is 0 Å². The summed E-state index contributed by atoms with van der Waals surface area (Å²) in [6, 6.07) is 5.90. The van der Waals surface area contributed by atoms with Crippen LogP contribution in [0.15, 0.2) is 38.9 Å². The number of hydrogen-bond donors (Lipinski definition) is 1. The molecule has 4 aromatic rings. The van der Waals surface area contributed by atoms with Gasteiger partial charge in [-0.25, -0.2) is 9.67 Å². The molecule has 0 radical (unpaired) electrons. The third-order valence-electron chi connectivity index (χ3n) is 3.09. The van der Waals surface area contributed by atoms with E-state index in [1.807, 2.05) is 29.0 Å². The zero-order valence-electron chi connectivity index (χ0n) is 11.7. The fourth-order valence-electron chi connectivity index (χ4n) is 2.07. The van der Waals surface area contributed by atoms with E-state index >= 15 is 0 Å². The summed E-state index contributed by atoms with van der Waals surface area (Å²) in [5.41, 5.74) is 0.631. The number of H-pyrrole nitrogens is 1. The second kappa shape index (κ2) is 6.22. The maximum atomic E-state index is 12.0. The summed E-state index contributed by atoms with van der Waals surface area (Å²) >= 11 is 4.51. The lowest BCUT2D eigenvalue weighted by Gasteiger charge is -2.03. The Morgan fingerprint density at radius 1 is 1.26 bits per heavy atom. The van der Waals surface area contributed by atoms with Gasteiger partial charge in [0.1, 0.15) is 10.5 Å². The van der Waals surface area contributed by atoms with Gasteiger partial charge in [0.25, 0.3) is 5.56 Å². The standard InChI is InChI=1S/C13H10N6OS3/c20-12-11-9(3-5-22-11)14-10(15-12)7-23-13-16-17-18-19(13)6-8-2-1-4-21-8/h1-5H,6-7H2,(H,14,15,20). The van der Waals surface area contributed by atoms with Crippen LogP contribution in [0.3, 0.4) is 0 Å². The van der Waals surface area contributed by atoms with Crippen molar-refractivity contribution >= 4 is 44.7 Å². The first-order valence-electron chi connectivity index (χ1n) is 6.67. The van der Waals surface area contributed by atoms with Gasteiger partial charge in [0, 0.05) is 4.88 Å². The molecule has 23 heavy (non-hydrogen) atoms. The summed E-state index contributed by atoms with van der Waals surface area (Å²) in [5, 5.41) is 16.4. The number of thiophene rings is 2. The van der Waals surface area contributed by atoms with Crippen LogP contribution in [-0.4, -0.2) is 30.2 Å². The maximum Gasteiger partial charge on any atom is 0.268 e. The molecule has 0 aromatic carbocycles. The third-order valence-corrected chi connectivity index (χ3v) is 5.82. The Balaban J connectivity index is 1.52. The topological polar surface area (TPSA) is 89.4 Å². The van der Waals surface area contributed by atoms with Crippen molar-refractivity contribution in [2.45, 2.75) is 17.5 Å². The second-order valence-corrected chi connectivity index (χ2v) is 7.53. The van der Waals surface area contributed by atoms with Gasteiger partial charge in [-0.05, 0) is 33.3 Å². The van der Waals surface area contributed by atoms with E-state index in [0.29, 0.717) is 28.0 Å². The second-order valence-electron chi connectivity index (χ2n) is 4.63. The molecule has 7 nitrogen and oxygen atoms in total. The molecule has 0 aliphatic rings. The zero-order valence-corrected chi connectivity index (χ0v) is 14.1. The first-order chi connectivity index (χ1) is 11.3. The van der Waals surface area contributed by atoms with Gasteiger partial charge in [0.15, 0.2) is 0 Å². The molecule has 4 heterocycles. The highest BCUT2D eigenvalue weighted by molar-refractivity contribution is 7.98. The van der Waals surface area contributed by atoms with Crippen LogP contribution < -0.4 is 5.56 Å². The van der Waals surface area contributed by atoms with E-state index in [1.54, 1.807) is 16.0 Å². The number of rotatable bonds is 5. The van der Waals surface area contributed by atoms with E-state index in [9.17, 15) is 4.79 Å². The molecular weight excluding hydrogens is 352 g/mol. The number of fused-ring (bicyclic) bond motifs is 1. The van der Waals surface area contributed by atoms with Gasteiger partial charge in [-0.1, -0.05) is 17.8 Å². The highest BCUT2D eigenvalue weighted by Gasteiger charge is 2.10. The lowest BCUT2D eigenvalue weighted by Crippen LogP contribution is -2.10. The zero-order chi connectivity index (χ0) is 15.6. The smallest absolute Gasteiger partial charge is 0.268 e. The maximum absolute atomic E-state index is 12.0. The largest absolute Gasteiger partial charge is 0.309 e. The van der Waals surface area contributed by atoms with Gasteiger partial charge in [0.2, 0.25) is 5.16 Å². The number of nitrogens with zero attached hydrogens (tertiary/aromatic N) is 5. The molecule has 1 N–H and O–H groups in total. The van der Waals surface area contributed by atoms with E-state index in [4.69, 9.17) is 0 Å². The van der Waals surface area contributed by atoms with Crippen LogP contribution in [-0.2, 0) is 12.3 Å². The van der Waals surface area contributed by atoms with Crippen molar-refractivity contribution in [1.82, 2.24) is 30.2 Å². The summed E-state index contributed by atoms with van der Waals surface area (Å²) in [6.45, 7) is 0.639. The lowest BCUT2D eigenvalue weighted by molar-refractivity contribution is 0.608. The minimum absolute atomic E-state index is 0.0984. The van der Waals surface area contributed by atoms with E-state index in [1.165, 1.54) is 28.0 Å². The SMILES string of the molecule is O=c1[nH]c(CSc2nnnn2Cc2cccs2)nc2ccsc12. The van der Waals surface area contributed by atoms with Gasteiger partial charge < -0.3 is 4.98 Å². The van der Waals surface area contributed by atoms with Crippen molar-refractivity contribution in [2.75, 3.05) is 0 Å². The average Bonchev–Trinajstić information content (AvgIpc) is 3.27. The van der Waals surface area contributed by atoms with Crippen molar-refractivity contribution in [3.8, 4) is 0 Å². The Hall–Kier alpha value is -2.04. The first-order valence-corrected chi connectivity index (χ1v) is 9.42. The summed E-state index contributed by atoms with van der Waals surface area (Å²) in [7, 11) is 0. The van der Waals surface area contributed by atoms with Crippen LogP contribution >= 0.6 is 34.4 Å². The highest BCUT2D eigenvalue weighted by atomic mass is 32.2. The molecular formula is C13H10N6OS3. The Kier molecular flexibility index (Phi) is 3.93. The van der Waals surface area contributed by atoms with Crippen LogP contribution in [0.1, 0.15) is 10.7 Å². The van der Waals surface area contributed by atoms with E-state index in [2.05, 4.69) is 25.5 Å². The van der Waals surface area contributed by atoms with Crippen molar-refractivity contribution in [3.63, 3.8) is 0 Å². The molecule has 0 amide bonds. The average molecular weight is 362 g/mol. The Labute approximate surface area is 142 Å². The van der Waals surface area contributed by atoms with Crippen LogP contribution in [0.2, 0.25) is 0 Å². The van der Waals surface area contributed by atoms with Gasteiger partial charge in [-0.2, -0.15) is 0 Å². The highest BCUT2D eigenvalue weighted by Crippen LogP contribution is 2.21. The third kappa shape index (κ3) is 3.05. The van der Waals surface area contributed by atoms with Gasteiger partial charge >= 0.3 is 0 Å². The predicted octanol–water partition coefficient (Wildman–Crippen LogP) is 2.37. The van der Waals surface area contributed by atoms with Crippen molar-refractivity contribution in [2.24, 2.45) is 0 Å². The first kappa shape index (κ1) is 14.5. The molecule has 0 saturated heterocycles. The summed E-state index contributed by atoms with van der Waals surface area (Å²) in [6.07, 6.45) is 0. The van der Waals surface area contributed by atoms with Crippen molar-refractivity contribution in [1.29, 1.82) is 0 Å². The molecule has 0 atom stereocenters. The predicted molar refractivity (Wildman–Crippen MR) is 91.0 cm³/mol. The number of nitrogens with one attached hydrogen (secondary N) is 1. The summed E-state index contributed by atoms with van der Waals surface area (Å²) < 4.78 is 2.40. The molecule has 0 fully saturated rings. The number of tetrazole rings is 1. The number of hydrogen-bond acceptors (Lipinski definition) is 8. The molecule has 4 rings (SSSR count). The van der Waals surface area contributed by atoms with Crippen LogP contribution in [0, 0.1) is 0 Å². The summed E-state index contributed by atoms with van der Waals surface area (Å²) in [5.74, 6) is 1.13. The van der Waals surface area contributed by atoms with Gasteiger partial charge in [0.05, 0.1) is 17.8 Å². The molecule has 10 heteroatoms.